The first kappa shape index (κ1) is 12.2. The fourth-order valence-corrected chi connectivity index (χ4v) is 1.86. The van der Waals surface area contributed by atoms with Crippen LogP contribution >= 0.6 is 0 Å². The molecule has 2 nitrogen and oxygen atoms in total. The minimum Gasteiger partial charge on any atom is -0.324 e. The van der Waals surface area contributed by atoms with Crippen LogP contribution in [0.5, 0.6) is 0 Å². The Balaban J connectivity index is 2.60. The Labute approximate surface area is 92.9 Å². The van der Waals surface area contributed by atoms with Gasteiger partial charge in [-0.3, -0.25) is 4.98 Å². The summed E-state index contributed by atoms with van der Waals surface area (Å²) in [7, 11) is 0. The van der Waals surface area contributed by atoms with E-state index in [-0.39, 0.29) is 6.04 Å². The molecule has 0 aliphatic rings. The van der Waals surface area contributed by atoms with Crippen LogP contribution in [-0.4, -0.2) is 4.98 Å². The van der Waals surface area contributed by atoms with E-state index < -0.39 is 0 Å². The Kier molecular flexibility index (Phi) is 4.76. The molecule has 0 fully saturated rings. The quantitative estimate of drug-likeness (QED) is 0.751. The average molecular weight is 206 g/mol. The van der Waals surface area contributed by atoms with Gasteiger partial charge in [0.05, 0.1) is 0 Å². The van der Waals surface area contributed by atoms with Crippen molar-refractivity contribution in [3.63, 3.8) is 0 Å². The number of hydrogen-bond acceptors (Lipinski definition) is 2. The molecule has 0 bridgehead atoms. The van der Waals surface area contributed by atoms with Gasteiger partial charge in [-0.15, -0.1) is 0 Å². The summed E-state index contributed by atoms with van der Waals surface area (Å²) in [6.07, 6.45) is 4.83. The molecule has 0 amide bonds. The molecule has 84 valence electrons. The van der Waals surface area contributed by atoms with Gasteiger partial charge in [0.2, 0.25) is 0 Å². The van der Waals surface area contributed by atoms with Gasteiger partial charge in [-0.05, 0) is 38.0 Å². The van der Waals surface area contributed by atoms with Crippen molar-refractivity contribution >= 4 is 0 Å². The van der Waals surface area contributed by atoms with Crippen LogP contribution in [0.2, 0.25) is 0 Å². The van der Waals surface area contributed by atoms with E-state index in [0.29, 0.717) is 0 Å². The molecular weight excluding hydrogens is 184 g/mol. The standard InChI is InChI=1S/C13H22N2/c1-4-5-6-7-13(14)12-8-10(2)15-11(3)9-12/h8-9,13H,4-7,14H2,1-3H3. The third kappa shape index (κ3) is 4.00. The van der Waals surface area contributed by atoms with Crippen LogP contribution in [0.25, 0.3) is 0 Å². The van der Waals surface area contributed by atoms with Crippen molar-refractivity contribution < 1.29 is 0 Å². The highest BCUT2D eigenvalue weighted by Crippen LogP contribution is 2.18. The van der Waals surface area contributed by atoms with Crippen LogP contribution in [0, 0.1) is 13.8 Å². The van der Waals surface area contributed by atoms with Gasteiger partial charge in [-0.2, -0.15) is 0 Å². The van der Waals surface area contributed by atoms with Gasteiger partial charge in [0, 0.05) is 17.4 Å². The number of aromatic nitrogens is 1. The van der Waals surface area contributed by atoms with Crippen molar-refractivity contribution in [2.45, 2.75) is 52.5 Å². The summed E-state index contributed by atoms with van der Waals surface area (Å²) >= 11 is 0. The zero-order chi connectivity index (χ0) is 11.3. The van der Waals surface area contributed by atoms with E-state index in [0.717, 1.165) is 17.8 Å². The zero-order valence-corrected chi connectivity index (χ0v) is 10.1. The minimum atomic E-state index is 0.178. The van der Waals surface area contributed by atoms with E-state index in [4.69, 9.17) is 5.73 Å². The summed E-state index contributed by atoms with van der Waals surface area (Å²) in [6.45, 7) is 6.26. The number of nitrogens with two attached hydrogens (primary N) is 1. The number of aryl methyl sites for hydroxylation is 2. The molecule has 1 unspecified atom stereocenters. The van der Waals surface area contributed by atoms with E-state index in [9.17, 15) is 0 Å². The molecule has 0 saturated carbocycles. The lowest BCUT2D eigenvalue weighted by molar-refractivity contribution is 0.580. The maximum atomic E-state index is 6.15. The molecule has 1 heterocycles. The van der Waals surface area contributed by atoms with Crippen LogP contribution in [0.3, 0.4) is 0 Å². The molecule has 2 N–H and O–H groups in total. The summed E-state index contributed by atoms with van der Waals surface area (Å²) in [6, 6.07) is 4.38. The molecule has 0 aliphatic heterocycles. The number of unbranched alkanes of at least 4 members (excludes halogenated alkanes) is 2. The second kappa shape index (κ2) is 5.86. The smallest absolute Gasteiger partial charge is 0.0379 e. The van der Waals surface area contributed by atoms with Crippen LogP contribution < -0.4 is 5.73 Å². The first-order valence-electron chi connectivity index (χ1n) is 5.84. The van der Waals surface area contributed by atoms with Gasteiger partial charge >= 0.3 is 0 Å². The molecular formula is C13H22N2. The van der Waals surface area contributed by atoms with E-state index in [1.807, 2.05) is 13.8 Å². The Hall–Kier alpha value is -0.890. The normalized spacial score (nSPS) is 12.8. The van der Waals surface area contributed by atoms with Crippen LogP contribution in [0.4, 0.5) is 0 Å². The summed E-state index contributed by atoms with van der Waals surface area (Å²) in [5, 5.41) is 0. The molecule has 0 saturated heterocycles. The van der Waals surface area contributed by atoms with Gasteiger partial charge in [0.15, 0.2) is 0 Å². The molecule has 1 atom stereocenters. The maximum Gasteiger partial charge on any atom is 0.0379 e. The van der Waals surface area contributed by atoms with E-state index in [1.54, 1.807) is 0 Å². The lowest BCUT2D eigenvalue weighted by atomic mass is 10.0. The summed E-state index contributed by atoms with van der Waals surface area (Å²) < 4.78 is 0. The van der Waals surface area contributed by atoms with E-state index >= 15 is 0 Å². The number of nitrogens with zero attached hydrogens (tertiary/aromatic N) is 1. The molecule has 1 rings (SSSR count). The van der Waals surface area contributed by atoms with Crippen molar-refractivity contribution in [1.29, 1.82) is 0 Å². The topological polar surface area (TPSA) is 38.9 Å². The number of hydrogen-bond donors (Lipinski definition) is 1. The van der Waals surface area contributed by atoms with Gasteiger partial charge in [0.25, 0.3) is 0 Å². The van der Waals surface area contributed by atoms with Crippen LogP contribution in [0.1, 0.15) is 55.6 Å². The van der Waals surface area contributed by atoms with Crippen LogP contribution in [-0.2, 0) is 0 Å². The molecule has 0 radical (unpaired) electrons. The first-order chi connectivity index (χ1) is 7.13. The highest BCUT2D eigenvalue weighted by Gasteiger charge is 2.06. The SMILES string of the molecule is CCCCCC(N)c1cc(C)nc(C)c1. The van der Waals surface area contributed by atoms with Gasteiger partial charge in [-0.1, -0.05) is 26.2 Å². The Morgan fingerprint density at radius 1 is 1.20 bits per heavy atom. The van der Waals surface area contributed by atoms with Crippen LogP contribution in [0.15, 0.2) is 12.1 Å². The predicted octanol–water partition coefficient (Wildman–Crippen LogP) is 3.28. The van der Waals surface area contributed by atoms with Crippen molar-refractivity contribution in [2.24, 2.45) is 5.73 Å². The third-order valence-corrected chi connectivity index (χ3v) is 2.65. The molecule has 2 heteroatoms. The van der Waals surface area contributed by atoms with E-state index in [1.165, 1.54) is 24.8 Å². The Morgan fingerprint density at radius 2 is 1.80 bits per heavy atom. The van der Waals surface area contributed by atoms with Crippen molar-refractivity contribution in [3.05, 3.63) is 29.1 Å². The second-order valence-corrected chi connectivity index (χ2v) is 4.29. The second-order valence-electron chi connectivity index (χ2n) is 4.29. The molecule has 1 aromatic rings. The lowest BCUT2D eigenvalue weighted by Crippen LogP contribution is -2.11. The average Bonchev–Trinajstić information content (AvgIpc) is 2.16. The van der Waals surface area contributed by atoms with Gasteiger partial charge in [-0.25, -0.2) is 0 Å². The number of rotatable bonds is 5. The third-order valence-electron chi connectivity index (χ3n) is 2.65. The summed E-state index contributed by atoms with van der Waals surface area (Å²) in [5.74, 6) is 0. The maximum absolute atomic E-state index is 6.15. The number of pyridine rings is 1. The monoisotopic (exact) mass is 206 g/mol. The predicted molar refractivity (Wildman–Crippen MR) is 64.8 cm³/mol. The minimum absolute atomic E-state index is 0.178. The zero-order valence-electron chi connectivity index (χ0n) is 10.1. The summed E-state index contributed by atoms with van der Waals surface area (Å²) in [5.41, 5.74) is 9.51. The van der Waals surface area contributed by atoms with Gasteiger partial charge < -0.3 is 5.73 Å². The summed E-state index contributed by atoms with van der Waals surface area (Å²) in [4.78, 5) is 4.36. The van der Waals surface area contributed by atoms with Crippen molar-refractivity contribution in [2.75, 3.05) is 0 Å². The fraction of sp³-hybridized carbons (Fsp3) is 0.615. The molecule has 0 aliphatic carbocycles. The van der Waals surface area contributed by atoms with Crippen molar-refractivity contribution in [3.8, 4) is 0 Å². The highest BCUT2D eigenvalue weighted by molar-refractivity contribution is 5.23. The lowest BCUT2D eigenvalue weighted by Gasteiger charge is -2.12. The first-order valence-corrected chi connectivity index (χ1v) is 5.84. The molecule has 0 aromatic carbocycles. The molecule has 15 heavy (non-hydrogen) atoms. The van der Waals surface area contributed by atoms with Gasteiger partial charge in [0.1, 0.15) is 0 Å². The van der Waals surface area contributed by atoms with E-state index in [2.05, 4.69) is 24.0 Å². The largest absolute Gasteiger partial charge is 0.324 e. The Morgan fingerprint density at radius 3 is 2.33 bits per heavy atom. The Bertz CT molecular complexity index is 287. The molecule has 0 spiro atoms. The van der Waals surface area contributed by atoms with Crippen molar-refractivity contribution in [1.82, 2.24) is 4.98 Å². The highest BCUT2D eigenvalue weighted by atomic mass is 14.7. The fourth-order valence-electron chi connectivity index (χ4n) is 1.86. The molecule has 1 aromatic heterocycles.